The van der Waals surface area contributed by atoms with E-state index in [0.29, 0.717) is 11.2 Å². The Balaban J connectivity index is 2.45. The SMILES string of the molecule is COC(=O)c1ccc2c(=O)n3c(=O)cc(C)[nH]c3nc2c1. The number of methoxy groups -OCH3 is 1. The lowest BCUT2D eigenvalue weighted by Gasteiger charge is -2.05. The fourth-order valence-corrected chi connectivity index (χ4v) is 2.18. The van der Waals surface area contributed by atoms with Crippen molar-refractivity contribution >= 4 is 22.6 Å². The zero-order valence-corrected chi connectivity index (χ0v) is 11.3. The van der Waals surface area contributed by atoms with Gasteiger partial charge in [0.15, 0.2) is 0 Å². The highest BCUT2D eigenvalue weighted by atomic mass is 16.5. The third kappa shape index (κ3) is 1.99. The molecule has 2 heterocycles. The zero-order chi connectivity index (χ0) is 15.1. The van der Waals surface area contributed by atoms with Gasteiger partial charge in [-0.15, -0.1) is 0 Å². The highest BCUT2D eigenvalue weighted by Crippen LogP contribution is 2.12. The largest absolute Gasteiger partial charge is 0.465 e. The maximum absolute atomic E-state index is 12.4. The van der Waals surface area contributed by atoms with Crippen LogP contribution in [-0.2, 0) is 4.74 Å². The van der Waals surface area contributed by atoms with E-state index in [9.17, 15) is 14.4 Å². The monoisotopic (exact) mass is 285 g/mol. The van der Waals surface area contributed by atoms with Gasteiger partial charge in [-0.25, -0.2) is 14.2 Å². The summed E-state index contributed by atoms with van der Waals surface area (Å²) < 4.78 is 5.60. The average molecular weight is 285 g/mol. The number of aromatic nitrogens is 3. The number of nitrogens with one attached hydrogen (secondary N) is 1. The number of hydrogen-bond donors (Lipinski definition) is 1. The summed E-state index contributed by atoms with van der Waals surface area (Å²) in [6.07, 6.45) is 0. The molecular formula is C14H11N3O4. The molecule has 0 aliphatic rings. The van der Waals surface area contributed by atoms with Crippen LogP contribution in [0.15, 0.2) is 33.9 Å². The van der Waals surface area contributed by atoms with Gasteiger partial charge in [-0.1, -0.05) is 0 Å². The second kappa shape index (κ2) is 4.55. The molecule has 2 aromatic heterocycles. The number of aryl methyl sites for hydroxylation is 1. The lowest BCUT2D eigenvalue weighted by atomic mass is 10.1. The maximum atomic E-state index is 12.4. The van der Waals surface area contributed by atoms with Gasteiger partial charge >= 0.3 is 5.97 Å². The lowest BCUT2D eigenvalue weighted by Crippen LogP contribution is -2.28. The molecule has 1 aromatic carbocycles. The average Bonchev–Trinajstić information content (AvgIpc) is 2.45. The molecule has 0 fully saturated rings. The standard InChI is InChI=1S/C14H11N3O4/c1-7-5-11(18)17-12(19)9-4-3-8(13(20)21-2)6-10(9)16-14(17)15-7/h3-6H,1-2H3,(H,15,16). The van der Waals surface area contributed by atoms with Crippen LogP contribution in [0.2, 0.25) is 0 Å². The predicted octanol–water partition coefficient (Wildman–Crippen LogP) is 0.631. The minimum Gasteiger partial charge on any atom is -0.465 e. The Hall–Kier alpha value is -2.96. The van der Waals surface area contributed by atoms with E-state index in [-0.39, 0.29) is 16.7 Å². The topological polar surface area (TPSA) is 93.5 Å². The number of fused-ring (bicyclic) bond motifs is 2. The van der Waals surface area contributed by atoms with Crippen molar-refractivity contribution < 1.29 is 9.53 Å². The van der Waals surface area contributed by atoms with Crippen molar-refractivity contribution in [2.24, 2.45) is 0 Å². The molecule has 106 valence electrons. The molecule has 0 amide bonds. The highest BCUT2D eigenvalue weighted by Gasteiger charge is 2.12. The Morgan fingerprint density at radius 3 is 2.76 bits per heavy atom. The van der Waals surface area contributed by atoms with Gasteiger partial charge < -0.3 is 9.72 Å². The van der Waals surface area contributed by atoms with Gasteiger partial charge in [0, 0.05) is 11.8 Å². The molecule has 0 atom stereocenters. The molecule has 0 radical (unpaired) electrons. The minimum atomic E-state index is -0.517. The van der Waals surface area contributed by atoms with Crippen molar-refractivity contribution in [1.29, 1.82) is 0 Å². The van der Waals surface area contributed by atoms with Crippen LogP contribution in [0.1, 0.15) is 16.1 Å². The first-order chi connectivity index (χ1) is 10.0. The Bertz CT molecular complexity index is 1000. The van der Waals surface area contributed by atoms with Crippen LogP contribution in [0.5, 0.6) is 0 Å². The molecule has 0 saturated heterocycles. The number of nitrogens with zero attached hydrogens (tertiary/aromatic N) is 2. The van der Waals surface area contributed by atoms with Crippen LogP contribution in [0, 0.1) is 6.92 Å². The van der Waals surface area contributed by atoms with Crippen molar-refractivity contribution in [3.63, 3.8) is 0 Å². The number of hydrogen-bond acceptors (Lipinski definition) is 5. The quantitative estimate of drug-likeness (QED) is 0.523. The van der Waals surface area contributed by atoms with Crippen LogP contribution in [0.3, 0.4) is 0 Å². The fraction of sp³-hybridized carbons (Fsp3) is 0.143. The van der Waals surface area contributed by atoms with Gasteiger partial charge in [0.25, 0.3) is 11.1 Å². The fourth-order valence-electron chi connectivity index (χ4n) is 2.18. The number of esters is 1. The maximum Gasteiger partial charge on any atom is 0.337 e. The van der Waals surface area contributed by atoms with Crippen LogP contribution < -0.4 is 11.1 Å². The number of ether oxygens (including phenoxy) is 1. The van der Waals surface area contributed by atoms with Crippen molar-refractivity contribution in [2.45, 2.75) is 6.92 Å². The first-order valence-electron chi connectivity index (χ1n) is 6.16. The van der Waals surface area contributed by atoms with Gasteiger partial charge in [0.2, 0.25) is 5.78 Å². The molecule has 1 N–H and O–H groups in total. The Labute approximate surface area is 117 Å². The van der Waals surface area contributed by atoms with E-state index >= 15 is 0 Å². The van der Waals surface area contributed by atoms with Gasteiger partial charge in [0.1, 0.15) is 0 Å². The third-order valence-electron chi connectivity index (χ3n) is 3.16. The second-order valence-corrected chi connectivity index (χ2v) is 4.59. The lowest BCUT2D eigenvalue weighted by molar-refractivity contribution is 0.0601. The summed E-state index contributed by atoms with van der Waals surface area (Å²) in [7, 11) is 1.27. The number of carbonyl (C=O) groups excluding carboxylic acids is 1. The number of H-pyrrole nitrogens is 1. The number of carbonyl (C=O) groups is 1. The van der Waals surface area contributed by atoms with E-state index in [2.05, 4.69) is 14.7 Å². The van der Waals surface area contributed by atoms with Gasteiger partial charge in [-0.05, 0) is 25.1 Å². The summed E-state index contributed by atoms with van der Waals surface area (Å²) >= 11 is 0. The first kappa shape index (κ1) is 13.0. The first-order valence-corrected chi connectivity index (χ1v) is 6.16. The Kier molecular flexibility index (Phi) is 2.83. The van der Waals surface area contributed by atoms with Gasteiger partial charge in [-0.3, -0.25) is 9.59 Å². The summed E-state index contributed by atoms with van der Waals surface area (Å²) in [5.41, 5.74) is 0.279. The summed E-state index contributed by atoms with van der Waals surface area (Å²) in [5.74, 6) is -0.379. The molecule has 7 nitrogen and oxygen atoms in total. The zero-order valence-electron chi connectivity index (χ0n) is 11.3. The highest BCUT2D eigenvalue weighted by molar-refractivity contribution is 5.94. The molecule has 0 bridgehead atoms. The molecule has 21 heavy (non-hydrogen) atoms. The van der Waals surface area contributed by atoms with E-state index in [1.54, 1.807) is 6.92 Å². The number of rotatable bonds is 1. The Morgan fingerprint density at radius 2 is 2.05 bits per heavy atom. The van der Waals surface area contributed by atoms with E-state index in [0.717, 1.165) is 4.40 Å². The molecule has 3 rings (SSSR count). The summed E-state index contributed by atoms with van der Waals surface area (Å²) in [4.78, 5) is 42.9. The van der Waals surface area contributed by atoms with E-state index in [1.807, 2.05) is 0 Å². The third-order valence-corrected chi connectivity index (χ3v) is 3.16. The molecule has 7 heteroatoms. The van der Waals surface area contributed by atoms with Crippen LogP contribution in [0.4, 0.5) is 0 Å². The van der Waals surface area contributed by atoms with E-state index in [4.69, 9.17) is 0 Å². The van der Waals surface area contributed by atoms with Crippen molar-refractivity contribution in [3.05, 3.63) is 56.2 Å². The molecule has 0 aliphatic heterocycles. The van der Waals surface area contributed by atoms with Crippen LogP contribution >= 0.6 is 0 Å². The summed E-state index contributed by atoms with van der Waals surface area (Å²) in [6.45, 7) is 1.70. The van der Waals surface area contributed by atoms with Crippen LogP contribution in [0.25, 0.3) is 16.7 Å². The van der Waals surface area contributed by atoms with Crippen molar-refractivity contribution in [1.82, 2.24) is 14.4 Å². The smallest absolute Gasteiger partial charge is 0.337 e. The number of benzene rings is 1. The van der Waals surface area contributed by atoms with Crippen molar-refractivity contribution in [3.8, 4) is 0 Å². The van der Waals surface area contributed by atoms with Gasteiger partial charge in [-0.2, -0.15) is 0 Å². The number of aromatic amines is 1. The Morgan fingerprint density at radius 1 is 1.29 bits per heavy atom. The summed E-state index contributed by atoms with van der Waals surface area (Å²) in [6, 6.07) is 5.71. The minimum absolute atomic E-state index is 0.138. The molecule has 0 spiro atoms. The predicted molar refractivity (Wildman–Crippen MR) is 75.7 cm³/mol. The van der Waals surface area contributed by atoms with E-state index in [1.165, 1.54) is 31.4 Å². The molecule has 0 saturated carbocycles. The molecule has 0 aliphatic carbocycles. The molecule has 0 unspecified atom stereocenters. The second-order valence-electron chi connectivity index (χ2n) is 4.59. The van der Waals surface area contributed by atoms with E-state index < -0.39 is 17.1 Å². The summed E-state index contributed by atoms with van der Waals surface area (Å²) in [5, 5.41) is 0.259. The molecular weight excluding hydrogens is 274 g/mol. The van der Waals surface area contributed by atoms with Crippen molar-refractivity contribution in [2.75, 3.05) is 7.11 Å². The normalized spacial score (nSPS) is 11.0. The van der Waals surface area contributed by atoms with Crippen LogP contribution in [-0.4, -0.2) is 27.4 Å². The van der Waals surface area contributed by atoms with Gasteiger partial charge in [0.05, 0.1) is 23.6 Å². The molecule has 3 aromatic rings.